The highest BCUT2D eigenvalue weighted by Gasteiger charge is 2.26. The standard InChI is InChI=1S/C13H16OS2/c1-15-13(16-2)11-8-7-9-5-3-4-6-10(9)12(11)14/h4,6H,3,5,7-8H2,1-2H3. The van der Waals surface area contributed by atoms with Gasteiger partial charge in [-0.15, -0.1) is 23.5 Å². The Balaban J connectivity index is 2.37. The minimum absolute atomic E-state index is 0.274. The van der Waals surface area contributed by atoms with Crippen LogP contribution in [0.25, 0.3) is 0 Å². The van der Waals surface area contributed by atoms with Crippen molar-refractivity contribution in [1.82, 2.24) is 0 Å². The number of rotatable bonds is 2. The molecular weight excluding hydrogens is 236 g/mol. The number of carbonyl (C=O) groups excluding carboxylic acids is 1. The molecule has 2 rings (SSSR count). The average Bonchev–Trinajstić information content (AvgIpc) is 2.34. The molecule has 0 saturated heterocycles. The van der Waals surface area contributed by atoms with Crippen LogP contribution in [0.4, 0.5) is 0 Å². The maximum absolute atomic E-state index is 12.3. The van der Waals surface area contributed by atoms with E-state index in [-0.39, 0.29) is 5.78 Å². The van der Waals surface area contributed by atoms with E-state index in [1.54, 1.807) is 23.5 Å². The van der Waals surface area contributed by atoms with Crippen LogP contribution < -0.4 is 0 Å². The van der Waals surface area contributed by atoms with Gasteiger partial charge in [0, 0.05) is 15.4 Å². The molecule has 0 radical (unpaired) electrons. The van der Waals surface area contributed by atoms with E-state index < -0.39 is 0 Å². The van der Waals surface area contributed by atoms with Crippen LogP contribution in [0, 0.1) is 0 Å². The lowest BCUT2D eigenvalue weighted by Gasteiger charge is -2.23. The van der Waals surface area contributed by atoms with Crippen LogP contribution in [0.15, 0.2) is 33.1 Å². The monoisotopic (exact) mass is 252 g/mol. The highest BCUT2D eigenvalue weighted by atomic mass is 32.2. The molecule has 0 aromatic carbocycles. The van der Waals surface area contributed by atoms with Crippen molar-refractivity contribution in [3.63, 3.8) is 0 Å². The number of Topliss-reactive ketones (excluding diaryl/α,β-unsaturated/α-hetero) is 1. The second-order valence-corrected chi connectivity index (χ2v) is 5.85. The molecule has 0 atom stereocenters. The summed E-state index contributed by atoms with van der Waals surface area (Å²) in [5, 5.41) is 0. The summed E-state index contributed by atoms with van der Waals surface area (Å²) in [4.78, 5) is 12.3. The third-order valence-electron chi connectivity index (χ3n) is 3.09. The van der Waals surface area contributed by atoms with Crippen molar-refractivity contribution in [2.45, 2.75) is 25.7 Å². The Kier molecular flexibility index (Phi) is 3.98. The van der Waals surface area contributed by atoms with Gasteiger partial charge in [-0.25, -0.2) is 0 Å². The first kappa shape index (κ1) is 12.1. The van der Waals surface area contributed by atoms with E-state index in [4.69, 9.17) is 0 Å². The second kappa shape index (κ2) is 5.28. The van der Waals surface area contributed by atoms with Crippen LogP contribution in [0.2, 0.25) is 0 Å². The third kappa shape index (κ3) is 2.16. The van der Waals surface area contributed by atoms with Gasteiger partial charge in [-0.2, -0.15) is 0 Å². The highest BCUT2D eigenvalue weighted by molar-refractivity contribution is 8.21. The Morgan fingerprint density at radius 2 is 1.94 bits per heavy atom. The predicted octanol–water partition coefficient (Wildman–Crippen LogP) is 3.93. The maximum atomic E-state index is 12.3. The lowest BCUT2D eigenvalue weighted by Crippen LogP contribution is -2.16. The molecule has 0 fully saturated rings. The maximum Gasteiger partial charge on any atom is 0.190 e. The second-order valence-electron chi connectivity index (χ2n) is 3.96. The summed E-state index contributed by atoms with van der Waals surface area (Å²) in [6, 6.07) is 0. The zero-order valence-corrected chi connectivity index (χ0v) is 11.3. The summed E-state index contributed by atoms with van der Waals surface area (Å²) in [6.07, 6.45) is 12.4. The van der Waals surface area contributed by atoms with E-state index in [1.165, 1.54) is 9.81 Å². The number of allylic oxidation sites excluding steroid dienone is 5. The number of ketones is 1. The fourth-order valence-corrected chi connectivity index (χ4v) is 3.83. The van der Waals surface area contributed by atoms with Crippen LogP contribution in [0.1, 0.15) is 25.7 Å². The molecule has 86 valence electrons. The van der Waals surface area contributed by atoms with E-state index in [2.05, 4.69) is 6.08 Å². The van der Waals surface area contributed by atoms with Crippen LogP contribution in [-0.2, 0) is 4.79 Å². The smallest absolute Gasteiger partial charge is 0.190 e. The fourth-order valence-electron chi connectivity index (χ4n) is 2.28. The minimum atomic E-state index is 0.274. The Morgan fingerprint density at radius 1 is 1.19 bits per heavy atom. The molecular formula is C13H16OS2. The van der Waals surface area contributed by atoms with Crippen LogP contribution in [0.3, 0.4) is 0 Å². The molecule has 0 heterocycles. The van der Waals surface area contributed by atoms with Gasteiger partial charge in [-0.3, -0.25) is 4.79 Å². The lowest BCUT2D eigenvalue weighted by atomic mass is 9.83. The van der Waals surface area contributed by atoms with Gasteiger partial charge in [-0.05, 0) is 38.2 Å². The van der Waals surface area contributed by atoms with Gasteiger partial charge >= 0.3 is 0 Å². The van der Waals surface area contributed by atoms with Gasteiger partial charge in [0.15, 0.2) is 5.78 Å². The molecule has 0 aliphatic heterocycles. The first-order valence-electron chi connectivity index (χ1n) is 5.52. The lowest BCUT2D eigenvalue weighted by molar-refractivity contribution is -0.112. The quantitative estimate of drug-likeness (QED) is 0.693. The normalized spacial score (nSPS) is 20.1. The summed E-state index contributed by atoms with van der Waals surface area (Å²) in [7, 11) is 0. The molecule has 0 unspecified atom stereocenters. The van der Waals surface area contributed by atoms with E-state index in [9.17, 15) is 4.79 Å². The summed E-state index contributed by atoms with van der Waals surface area (Å²) in [5.41, 5.74) is 3.39. The van der Waals surface area contributed by atoms with Crippen molar-refractivity contribution in [2.24, 2.45) is 0 Å². The summed E-state index contributed by atoms with van der Waals surface area (Å²) >= 11 is 3.39. The zero-order chi connectivity index (χ0) is 11.5. The Labute approximate surface area is 105 Å². The summed E-state index contributed by atoms with van der Waals surface area (Å²) in [5.74, 6) is 0.274. The average molecular weight is 252 g/mol. The molecule has 0 aromatic rings. The highest BCUT2D eigenvalue weighted by Crippen LogP contribution is 2.38. The van der Waals surface area contributed by atoms with Crippen molar-refractivity contribution in [3.8, 4) is 0 Å². The summed E-state index contributed by atoms with van der Waals surface area (Å²) < 4.78 is 1.19. The molecule has 0 bridgehead atoms. The predicted molar refractivity (Wildman–Crippen MR) is 73.7 cm³/mol. The Hall–Kier alpha value is -0.410. The molecule has 1 nitrogen and oxygen atoms in total. The topological polar surface area (TPSA) is 17.1 Å². The molecule has 0 N–H and O–H groups in total. The fraction of sp³-hybridized carbons (Fsp3) is 0.462. The van der Waals surface area contributed by atoms with Crippen LogP contribution >= 0.6 is 23.5 Å². The first-order chi connectivity index (χ1) is 7.77. The van der Waals surface area contributed by atoms with Crippen molar-refractivity contribution >= 4 is 29.3 Å². The van der Waals surface area contributed by atoms with Crippen molar-refractivity contribution in [1.29, 1.82) is 0 Å². The molecule has 0 saturated carbocycles. The largest absolute Gasteiger partial charge is 0.289 e. The summed E-state index contributed by atoms with van der Waals surface area (Å²) in [6.45, 7) is 0. The van der Waals surface area contributed by atoms with Gasteiger partial charge < -0.3 is 0 Å². The van der Waals surface area contributed by atoms with Crippen LogP contribution in [0.5, 0.6) is 0 Å². The minimum Gasteiger partial charge on any atom is -0.289 e. The Bertz CT molecular complexity index is 396. The van der Waals surface area contributed by atoms with Gasteiger partial charge in [0.05, 0.1) is 0 Å². The van der Waals surface area contributed by atoms with Gasteiger partial charge in [0.1, 0.15) is 0 Å². The third-order valence-corrected chi connectivity index (χ3v) is 5.33. The molecule has 16 heavy (non-hydrogen) atoms. The van der Waals surface area contributed by atoms with E-state index in [1.807, 2.05) is 18.6 Å². The number of thioether (sulfide) groups is 2. The first-order valence-corrected chi connectivity index (χ1v) is 7.97. The zero-order valence-electron chi connectivity index (χ0n) is 9.71. The van der Waals surface area contributed by atoms with Crippen molar-refractivity contribution < 1.29 is 4.79 Å². The number of carbonyl (C=O) groups is 1. The van der Waals surface area contributed by atoms with Gasteiger partial charge in [0.25, 0.3) is 0 Å². The van der Waals surface area contributed by atoms with E-state index >= 15 is 0 Å². The number of hydrogen-bond acceptors (Lipinski definition) is 3. The molecule has 0 aromatic heterocycles. The van der Waals surface area contributed by atoms with Gasteiger partial charge in [-0.1, -0.05) is 17.7 Å². The van der Waals surface area contributed by atoms with Crippen LogP contribution in [-0.4, -0.2) is 18.3 Å². The Morgan fingerprint density at radius 3 is 2.62 bits per heavy atom. The van der Waals surface area contributed by atoms with E-state index in [0.717, 1.165) is 36.8 Å². The van der Waals surface area contributed by atoms with Gasteiger partial charge in [0.2, 0.25) is 0 Å². The molecule has 2 aliphatic carbocycles. The molecule has 0 amide bonds. The molecule has 2 aliphatic rings. The van der Waals surface area contributed by atoms with Crippen molar-refractivity contribution in [3.05, 3.63) is 33.1 Å². The number of hydrogen-bond donors (Lipinski definition) is 0. The van der Waals surface area contributed by atoms with E-state index in [0.29, 0.717) is 0 Å². The molecule has 3 heteroatoms. The SMILES string of the molecule is CSC(SC)=C1CCC2=C(C=CCC2)C1=O. The molecule has 0 spiro atoms. The van der Waals surface area contributed by atoms with Crippen molar-refractivity contribution in [2.75, 3.05) is 12.5 Å².